The molecule has 0 spiro atoms. The number of nitrogens with one attached hydrogen (secondary N) is 1. The van der Waals surface area contributed by atoms with Gasteiger partial charge in [0.2, 0.25) is 0 Å². The van der Waals surface area contributed by atoms with E-state index in [-0.39, 0.29) is 17.3 Å². The van der Waals surface area contributed by atoms with E-state index in [1.165, 1.54) is 102 Å². The Morgan fingerprint density at radius 1 is 0.906 bits per heavy atom. The van der Waals surface area contributed by atoms with Gasteiger partial charge in [0.05, 0.1) is 10.5 Å². The first kappa shape index (κ1) is 27.9. The number of benzene rings is 1. The summed E-state index contributed by atoms with van der Waals surface area (Å²) in [7, 11) is 0. The molecular formula is C26H44N2O4. The van der Waals surface area contributed by atoms with Gasteiger partial charge in [-0.25, -0.2) is 4.79 Å². The number of carboxylic acid groups (broad SMARTS) is 1. The van der Waals surface area contributed by atoms with Gasteiger partial charge in [0.25, 0.3) is 5.69 Å². The number of carboxylic acids is 1. The van der Waals surface area contributed by atoms with Crippen molar-refractivity contribution in [1.82, 2.24) is 0 Å². The molecule has 1 rings (SSSR count). The lowest BCUT2D eigenvalue weighted by molar-refractivity contribution is -0.384. The van der Waals surface area contributed by atoms with Crippen LogP contribution in [0.25, 0.3) is 0 Å². The van der Waals surface area contributed by atoms with Gasteiger partial charge in [-0.3, -0.25) is 10.1 Å². The summed E-state index contributed by atoms with van der Waals surface area (Å²) in [5.41, 5.74) is 0.124. The highest BCUT2D eigenvalue weighted by atomic mass is 16.6. The van der Waals surface area contributed by atoms with E-state index in [9.17, 15) is 14.9 Å². The first-order chi connectivity index (χ1) is 15.5. The second kappa shape index (κ2) is 17.4. The lowest BCUT2D eigenvalue weighted by atomic mass is 10.0. The molecule has 0 fully saturated rings. The Morgan fingerprint density at radius 2 is 1.38 bits per heavy atom. The number of unbranched alkanes of at least 4 members (excludes halogenated alkanes) is 14. The number of nitro groups is 1. The van der Waals surface area contributed by atoms with Crippen molar-refractivity contribution in [3.8, 4) is 0 Å². The molecule has 0 aromatic heterocycles. The molecule has 0 heterocycles. The van der Waals surface area contributed by atoms with Crippen LogP contribution in [0.2, 0.25) is 0 Å². The molecule has 6 heteroatoms. The summed E-state index contributed by atoms with van der Waals surface area (Å²) in [6.07, 6.45) is 20.9. The smallest absolute Gasteiger partial charge is 0.335 e. The standard InChI is InChI=1S/C26H44N2O4/c1-3-4-5-6-7-8-9-10-11-12-13-14-15-16-17-18-22(2)27-24-20-19-23(26(29)30)21-25(24)28(31)32/h19-22,27H,3-18H2,1-2H3,(H,29,30). The molecule has 1 unspecified atom stereocenters. The van der Waals surface area contributed by atoms with Crippen LogP contribution >= 0.6 is 0 Å². The second-order valence-corrected chi connectivity index (χ2v) is 9.08. The Bertz CT molecular complexity index is 663. The van der Waals surface area contributed by atoms with Crippen molar-refractivity contribution in [2.75, 3.05) is 5.32 Å². The third-order valence-corrected chi connectivity index (χ3v) is 6.08. The molecule has 0 saturated carbocycles. The molecule has 0 amide bonds. The minimum absolute atomic E-state index is 0.0719. The normalized spacial score (nSPS) is 11.9. The monoisotopic (exact) mass is 448 g/mol. The van der Waals surface area contributed by atoms with Crippen LogP contribution in [0.1, 0.15) is 127 Å². The highest BCUT2D eigenvalue weighted by Crippen LogP contribution is 2.27. The van der Waals surface area contributed by atoms with E-state index in [4.69, 9.17) is 5.11 Å². The number of nitrogens with zero attached hydrogens (tertiary/aromatic N) is 1. The molecule has 1 aromatic rings. The molecule has 0 saturated heterocycles. The lowest BCUT2D eigenvalue weighted by Crippen LogP contribution is -2.16. The van der Waals surface area contributed by atoms with Gasteiger partial charge >= 0.3 is 5.97 Å². The summed E-state index contributed by atoms with van der Waals surface area (Å²) in [6.45, 7) is 4.28. The zero-order valence-corrected chi connectivity index (χ0v) is 20.2. The van der Waals surface area contributed by atoms with Crippen LogP contribution in [-0.2, 0) is 0 Å². The molecule has 0 bridgehead atoms. The number of anilines is 1. The van der Waals surface area contributed by atoms with Crippen molar-refractivity contribution in [1.29, 1.82) is 0 Å². The lowest BCUT2D eigenvalue weighted by Gasteiger charge is -2.15. The Balaban J connectivity index is 2.06. The van der Waals surface area contributed by atoms with Gasteiger partial charge in [0, 0.05) is 12.1 Å². The first-order valence-corrected chi connectivity index (χ1v) is 12.7. The van der Waals surface area contributed by atoms with Crippen molar-refractivity contribution in [2.45, 2.75) is 123 Å². The fourth-order valence-electron chi connectivity index (χ4n) is 4.10. The molecule has 32 heavy (non-hydrogen) atoms. The van der Waals surface area contributed by atoms with Gasteiger partial charge in [0.1, 0.15) is 5.69 Å². The number of hydrogen-bond acceptors (Lipinski definition) is 4. The Hall–Kier alpha value is -2.11. The SMILES string of the molecule is CCCCCCCCCCCCCCCCCC(C)Nc1ccc(C(=O)O)cc1[N+](=O)[O-]. The van der Waals surface area contributed by atoms with E-state index >= 15 is 0 Å². The second-order valence-electron chi connectivity index (χ2n) is 9.08. The molecule has 0 aliphatic heterocycles. The molecule has 0 radical (unpaired) electrons. The minimum atomic E-state index is -1.16. The number of rotatable bonds is 20. The van der Waals surface area contributed by atoms with Crippen molar-refractivity contribution in [3.63, 3.8) is 0 Å². The minimum Gasteiger partial charge on any atom is -0.478 e. The largest absolute Gasteiger partial charge is 0.478 e. The van der Waals surface area contributed by atoms with E-state index < -0.39 is 10.9 Å². The predicted molar refractivity (Wildman–Crippen MR) is 133 cm³/mol. The van der Waals surface area contributed by atoms with Gasteiger partial charge in [-0.2, -0.15) is 0 Å². The average molecular weight is 449 g/mol. The van der Waals surface area contributed by atoms with Crippen LogP contribution in [0.5, 0.6) is 0 Å². The number of aromatic carboxylic acids is 1. The fraction of sp³-hybridized carbons (Fsp3) is 0.731. The highest BCUT2D eigenvalue weighted by Gasteiger charge is 2.18. The summed E-state index contributed by atoms with van der Waals surface area (Å²) in [6, 6.07) is 4.11. The zero-order chi connectivity index (χ0) is 23.6. The van der Waals surface area contributed by atoms with Crippen molar-refractivity contribution in [3.05, 3.63) is 33.9 Å². The third-order valence-electron chi connectivity index (χ3n) is 6.08. The third kappa shape index (κ3) is 12.7. The number of nitro benzene ring substituents is 1. The van der Waals surface area contributed by atoms with E-state index in [1.54, 1.807) is 0 Å². The van der Waals surface area contributed by atoms with Crippen LogP contribution in [-0.4, -0.2) is 22.0 Å². The Morgan fingerprint density at radius 3 is 1.81 bits per heavy atom. The molecule has 182 valence electrons. The van der Waals surface area contributed by atoms with Crippen LogP contribution in [0.15, 0.2) is 18.2 Å². The zero-order valence-electron chi connectivity index (χ0n) is 20.2. The Kier molecular flexibility index (Phi) is 15.2. The molecule has 0 aliphatic rings. The van der Waals surface area contributed by atoms with E-state index in [0.717, 1.165) is 18.9 Å². The van der Waals surface area contributed by atoms with Gasteiger partial charge in [-0.15, -0.1) is 0 Å². The predicted octanol–water partition coefficient (Wildman–Crippen LogP) is 8.35. The molecule has 1 aromatic carbocycles. The summed E-state index contributed by atoms with van der Waals surface area (Å²) < 4.78 is 0. The maximum Gasteiger partial charge on any atom is 0.335 e. The van der Waals surface area contributed by atoms with E-state index in [0.29, 0.717) is 5.69 Å². The van der Waals surface area contributed by atoms with Crippen LogP contribution in [0, 0.1) is 10.1 Å². The molecular weight excluding hydrogens is 404 g/mol. The van der Waals surface area contributed by atoms with Gasteiger partial charge in [0.15, 0.2) is 0 Å². The summed E-state index contributed by atoms with van der Waals surface area (Å²) in [5, 5.41) is 23.5. The van der Waals surface area contributed by atoms with Gasteiger partial charge in [-0.1, -0.05) is 103 Å². The summed E-state index contributed by atoms with van der Waals surface area (Å²) in [4.78, 5) is 21.8. The van der Waals surface area contributed by atoms with Crippen molar-refractivity contribution >= 4 is 17.3 Å². The quantitative estimate of drug-likeness (QED) is 0.119. The summed E-state index contributed by atoms with van der Waals surface area (Å²) in [5.74, 6) is -1.16. The molecule has 2 N–H and O–H groups in total. The summed E-state index contributed by atoms with van der Waals surface area (Å²) >= 11 is 0. The molecule has 0 aliphatic carbocycles. The van der Waals surface area contributed by atoms with Gasteiger partial charge < -0.3 is 10.4 Å². The van der Waals surface area contributed by atoms with Crippen molar-refractivity contribution < 1.29 is 14.8 Å². The Labute approximate surface area is 194 Å². The van der Waals surface area contributed by atoms with Gasteiger partial charge in [-0.05, 0) is 25.5 Å². The number of hydrogen-bond donors (Lipinski definition) is 2. The van der Waals surface area contributed by atoms with Crippen molar-refractivity contribution in [2.24, 2.45) is 0 Å². The molecule has 6 nitrogen and oxygen atoms in total. The average Bonchev–Trinajstić information content (AvgIpc) is 2.76. The topological polar surface area (TPSA) is 92.5 Å². The maximum atomic E-state index is 11.3. The molecule has 1 atom stereocenters. The number of carbonyl (C=O) groups is 1. The highest BCUT2D eigenvalue weighted by molar-refractivity contribution is 5.89. The van der Waals surface area contributed by atoms with E-state index in [1.807, 2.05) is 6.92 Å². The first-order valence-electron chi connectivity index (χ1n) is 12.7. The van der Waals surface area contributed by atoms with Crippen LogP contribution < -0.4 is 5.32 Å². The van der Waals surface area contributed by atoms with Crippen LogP contribution in [0.3, 0.4) is 0 Å². The maximum absolute atomic E-state index is 11.3. The fourth-order valence-corrected chi connectivity index (χ4v) is 4.10. The van der Waals surface area contributed by atoms with Crippen LogP contribution in [0.4, 0.5) is 11.4 Å². The van der Waals surface area contributed by atoms with E-state index in [2.05, 4.69) is 12.2 Å².